The lowest BCUT2D eigenvalue weighted by molar-refractivity contribution is -0.137. The van der Waals surface area contributed by atoms with Gasteiger partial charge < -0.3 is 0 Å². The third-order valence-corrected chi connectivity index (χ3v) is 2.81. The first kappa shape index (κ1) is 13.2. The Morgan fingerprint density at radius 1 is 1.00 bits per heavy atom. The lowest BCUT2D eigenvalue weighted by atomic mass is 9.97. The van der Waals surface area contributed by atoms with Crippen LogP contribution >= 0.6 is 0 Å². The SMILES string of the molecule is Cc1ccc(-c2ccc(C#N)cc2)c(C(F)(F)F)c1. The highest BCUT2D eigenvalue weighted by Gasteiger charge is 2.33. The number of nitriles is 1. The minimum absolute atomic E-state index is 0.127. The van der Waals surface area contributed by atoms with Gasteiger partial charge in [0.1, 0.15) is 0 Å². The minimum Gasteiger partial charge on any atom is -0.192 e. The van der Waals surface area contributed by atoms with Gasteiger partial charge in [0.25, 0.3) is 0 Å². The average molecular weight is 261 g/mol. The van der Waals surface area contributed by atoms with Crippen LogP contribution in [0.5, 0.6) is 0 Å². The number of benzene rings is 2. The van der Waals surface area contributed by atoms with Crippen LogP contribution in [0.25, 0.3) is 11.1 Å². The van der Waals surface area contributed by atoms with Gasteiger partial charge in [-0.25, -0.2) is 0 Å². The summed E-state index contributed by atoms with van der Waals surface area (Å²) in [5, 5.41) is 8.69. The first-order valence-corrected chi connectivity index (χ1v) is 5.60. The Balaban J connectivity index is 2.58. The zero-order valence-corrected chi connectivity index (χ0v) is 10.1. The molecule has 0 fully saturated rings. The largest absolute Gasteiger partial charge is 0.417 e. The first-order valence-electron chi connectivity index (χ1n) is 5.60. The summed E-state index contributed by atoms with van der Waals surface area (Å²) < 4.78 is 39.0. The van der Waals surface area contributed by atoms with Crippen LogP contribution in [0, 0.1) is 18.3 Å². The fraction of sp³-hybridized carbons (Fsp3) is 0.133. The lowest BCUT2D eigenvalue weighted by Crippen LogP contribution is -2.07. The van der Waals surface area contributed by atoms with Gasteiger partial charge in [0.2, 0.25) is 0 Å². The van der Waals surface area contributed by atoms with E-state index >= 15 is 0 Å². The third-order valence-electron chi connectivity index (χ3n) is 2.81. The van der Waals surface area contributed by atoms with Crippen molar-refractivity contribution in [3.05, 3.63) is 59.2 Å². The maximum absolute atomic E-state index is 13.0. The van der Waals surface area contributed by atoms with Crippen LogP contribution in [0.15, 0.2) is 42.5 Å². The molecule has 0 unspecified atom stereocenters. The molecule has 1 nitrogen and oxygen atoms in total. The molecule has 2 aromatic rings. The van der Waals surface area contributed by atoms with Crippen LogP contribution in [0.1, 0.15) is 16.7 Å². The molecule has 4 heteroatoms. The van der Waals surface area contributed by atoms with E-state index in [-0.39, 0.29) is 5.56 Å². The van der Waals surface area contributed by atoms with E-state index in [1.165, 1.54) is 30.3 Å². The monoisotopic (exact) mass is 261 g/mol. The molecule has 0 aromatic heterocycles. The van der Waals surface area contributed by atoms with Gasteiger partial charge in [0, 0.05) is 0 Å². The third kappa shape index (κ3) is 2.76. The molecule has 0 aliphatic heterocycles. The molecule has 0 saturated heterocycles. The van der Waals surface area contributed by atoms with Gasteiger partial charge in [-0.3, -0.25) is 0 Å². The lowest BCUT2D eigenvalue weighted by Gasteiger charge is -2.14. The Kier molecular flexibility index (Phi) is 3.30. The van der Waals surface area contributed by atoms with Crippen molar-refractivity contribution in [3.8, 4) is 17.2 Å². The van der Waals surface area contributed by atoms with Crippen molar-refractivity contribution in [2.75, 3.05) is 0 Å². The molecule has 0 amide bonds. The van der Waals surface area contributed by atoms with E-state index in [0.717, 1.165) is 6.07 Å². The smallest absolute Gasteiger partial charge is 0.192 e. The summed E-state index contributed by atoms with van der Waals surface area (Å²) >= 11 is 0. The molecule has 0 N–H and O–H groups in total. The molecule has 0 aliphatic carbocycles. The number of alkyl halides is 3. The van der Waals surface area contributed by atoms with Gasteiger partial charge in [-0.05, 0) is 36.2 Å². The second-order valence-corrected chi connectivity index (χ2v) is 4.24. The summed E-state index contributed by atoms with van der Waals surface area (Å²) in [5.74, 6) is 0. The van der Waals surface area contributed by atoms with Crippen molar-refractivity contribution in [1.82, 2.24) is 0 Å². The van der Waals surface area contributed by atoms with E-state index in [1.807, 2.05) is 6.07 Å². The van der Waals surface area contributed by atoms with Gasteiger partial charge in [0.15, 0.2) is 0 Å². The van der Waals surface area contributed by atoms with Crippen molar-refractivity contribution in [1.29, 1.82) is 5.26 Å². The predicted molar refractivity (Wildman–Crippen MR) is 66.3 cm³/mol. The zero-order valence-electron chi connectivity index (χ0n) is 10.1. The number of hydrogen-bond donors (Lipinski definition) is 0. The van der Waals surface area contributed by atoms with Crippen LogP contribution in [-0.4, -0.2) is 0 Å². The van der Waals surface area contributed by atoms with E-state index in [4.69, 9.17) is 5.26 Å². The summed E-state index contributed by atoms with van der Waals surface area (Å²) in [4.78, 5) is 0. The molecular formula is C15H10F3N. The molecule has 2 rings (SSSR count). The van der Waals surface area contributed by atoms with E-state index in [9.17, 15) is 13.2 Å². The van der Waals surface area contributed by atoms with E-state index in [1.54, 1.807) is 13.0 Å². The number of nitrogens with zero attached hydrogens (tertiary/aromatic N) is 1. The van der Waals surface area contributed by atoms with Crippen molar-refractivity contribution in [2.24, 2.45) is 0 Å². The second kappa shape index (κ2) is 4.77. The number of aryl methyl sites for hydroxylation is 1. The number of halogens is 3. The first-order chi connectivity index (χ1) is 8.91. The topological polar surface area (TPSA) is 23.8 Å². The van der Waals surface area contributed by atoms with Crippen LogP contribution < -0.4 is 0 Å². The van der Waals surface area contributed by atoms with E-state index in [0.29, 0.717) is 16.7 Å². The molecule has 0 atom stereocenters. The highest BCUT2D eigenvalue weighted by molar-refractivity contribution is 5.69. The Hall–Kier alpha value is -2.28. The molecule has 0 heterocycles. The highest BCUT2D eigenvalue weighted by atomic mass is 19.4. The average Bonchev–Trinajstić information content (AvgIpc) is 2.38. The summed E-state index contributed by atoms with van der Waals surface area (Å²) in [6.07, 6.45) is -4.39. The molecule has 0 spiro atoms. The molecule has 0 saturated carbocycles. The zero-order chi connectivity index (χ0) is 14.0. The van der Waals surface area contributed by atoms with E-state index in [2.05, 4.69) is 0 Å². The fourth-order valence-corrected chi connectivity index (χ4v) is 1.87. The number of hydrogen-bond acceptors (Lipinski definition) is 1. The number of rotatable bonds is 1. The van der Waals surface area contributed by atoms with Crippen molar-refractivity contribution in [3.63, 3.8) is 0 Å². The van der Waals surface area contributed by atoms with Crippen LogP contribution in [0.4, 0.5) is 13.2 Å². The normalized spacial score (nSPS) is 11.1. The second-order valence-electron chi connectivity index (χ2n) is 4.24. The van der Waals surface area contributed by atoms with Gasteiger partial charge in [-0.1, -0.05) is 29.8 Å². The van der Waals surface area contributed by atoms with Gasteiger partial charge in [-0.15, -0.1) is 0 Å². The quantitative estimate of drug-likeness (QED) is 0.738. The van der Waals surface area contributed by atoms with Crippen LogP contribution in [0.3, 0.4) is 0 Å². The van der Waals surface area contributed by atoms with Crippen LogP contribution in [-0.2, 0) is 6.18 Å². The maximum atomic E-state index is 13.0. The summed E-state index contributed by atoms with van der Waals surface area (Å²) in [7, 11) is 0. The van der Waals surface area contributed by atoms with Crippen molar-refractivity contribution in [2.45, 2.75) is 13.1 Å². The Bertz CT molecular complexity index is 634. The predicted octanol–water partition coefficient (Wildman–Crippen LogP) is 4.55. The Labute approximate surface area is 108 Å². The fourth-order valence-electron chi connectivity index (χ4n) is 1.87. The Morgan fingerprint density at radius 3 is 2.16 bits per heavy atom. The standard InChI is InChI=1S/C15H10F3N/c1-10-2-7-13(14(8-10)15(16,17)18)12-5-3-11(9-19)4-6-12/h2-8H,1H3. The highest BCUT2D eigenvalue weighted by Crippen LogP contribution is 2.37. The molecule has 2 aromatic carbocycles. The van der Waals surface area contributed by atoms with Crippen LogP contribution in [0.2, 0.25) is 0 Å². The summed E-state index contributed by atoms with van der Waals surface area (Å²) in [6.45, 7) is 1.62. The van der Waals surface area contributed by atoms with Crippen molar-refractivity contribution < 1.29 is 13.2 Å². The summed E-state index contributed by atoms with van der Waals surface area (Å²) in [6, 6.07) is 12.2. The molecule has 96 valence electrons. The van der Waals surface area contributed by atoms with E-state index < -0.39 is 11.7 Å². The Morgan fingerprint density at radius 2 is 1.63 bits per heavy atom. The maximum Gasteiger partial charge on any atom is 0.417 e. The molecule has 19 heavy (non-hydrogen) atoms. The molecule has 0 radical (unpaired) electrons. The molecule has 0 aliphatic rings. The van der Waals surface area contributed by atoms with Gasteiger partial charge in [-0.2, -0.15) is 18.4 Å². The van der Waals surface area contributed by atoms with Crippen molar-refractivity contribution >= 4 is 0 Å². The molecule has 0 bridgehead atoms. The minimum atomic E-state index is -4.39. The summed E-state index contributed by atoms with van der Waals surface area (Å²) in [5.41, 5.74) is 0.903. The van der Waals surface area contributed by atoms with Gasteiger partial charge in [0.05, 0.1) is 17.2 Å². The van der Waals surface area contributed by atoms with Gasteiger partial charge >= 0.3 is 6.18 Å². The molecular weight excluding hydrogens is 251 g/mol.